The van der Waals surface area contributed by atoms with Crippen LogP contribution in [0.3, 0.4) is 0 Å². The number of amides is 1. The lowest BCUT2D eigenvalue weighted by Gasteiger charge is -2.19. The number of rotatable bonds is 5. The van der Waals surface area contributed by atoms with E-state index in [4.69, 9.17) is 4.74 Å². The number of benzene rings is 2. The molecule has 27 heavy (non-hydrogen) atoms. The van der Waals surface area contributed by atoms with Crippen LogP contribution in [0.4, 0.5) is 0 Å². The second-order valence-corrected chi connectivity index (χ2v) is 7.52. The Bertz CT molecular complexity index is 1050. The molecule has 0 aliphatic heterocycles. The Morgan fingerprint density at radius 3 is 2.52 bits per heavy atom. The molecule has 0 aliphatic carbocycles. The SMILES string of the molecule is COc1ccccc1-n1c(S[C@H](C)C(=O)N(C)C)nc2ccccc2c1=O. The minimum absolute atomic E-state index is 0.0472. The summed E-state index contributed by atoms with van der Waals surface area (Å²) in [6.07, 6.45) is 0. The highest BCUT2D eigenvalue weighted by Gasteiger charge is 2.22. The fraction of sp³-hybridized carbons (Fsp3) is 0.250. The summed E-state index contributed by atoms with van der Waals surface area (Å²) in [6.45, 7) is 1.81. The Morgan fingerprint density at radius 1 is 1.15 bits per heavy atom. The van der Waals surface area contributed by atoms with Crippen LogP contribution in [0.5, 0.6) is 5.75 Å². The van der Waals surface area contributed by atoms with Crippen molar-refractivity contribution >= 4 is 28.6 Å². The summed E-state index contributed by atoms with van der Waals surface area (Å²) in [6, 6.07) is 14.5. The van der Waals surface area contributed by atoms with E-state index in [1.807, 2.05) is 24.3 Å². The third-order valence-corrected chi connectivity index (χ3v) is 5.18. The van der Waals surface area contributed by atoms with Gasteiger partial charge in [-0.15, -0.1) is 0 Å². The summed E-state index contributed by atoms with van der Waals surface area (Å²) < 4.78 is 6.96. The first-order chi connectivity index (χ1) is 12.9. The van der Waals surface area contributed by atoms with Gasteiger partial charge in [0, 0.05) is 14.1 Å². The van der Waals surface area contributed by atoms with Crippen molar-refractivity contribution in [1.82, 2.24) is 14.5 Å². The van der Waals surface area contributed by atoms with E-state index in [1.165, 1.54) is 21.2 Å². The molecule has 0 unspecified atom stereocenters. The molecule has 3 rings (SSSR count). The van der Waals surface area contributed by atoms with Crippen molar-refractivity contribution in [2.45, 2.75) is 17.3 Å². The molecule has 2 aromatic carbocycles. The zero-order valence-corrected chi connectivity index (χ0v) is 16.5. The number of nitrogens with zero attached hydrogens (tertiary/aromatic N) is 3. The molecule has 0 saturated heterocycles. The van der Waals surface area contributed by atoms with Gasteiger partial charge in [0.05, 0.1) is 29.0 Å². The summed E-state index contributed by atoms with van der Waals surface area (Å²) in [7, 11) is 4.98. The van der Waals surface area contributed by atoms with Crippen LogP contribution in [-0.2, 0) is 4.79 Å². The van der Waals surface area contributed by atoms with E-state index in [0.717, 1.165) is 0 Å². The number of hydrogen-bond acceptors (Lipinski definition) is 5. The Kier molecular flexibility index (Phi) is 5.51. The maximum absolute atomic E-state index is 13.3. The number of aromatic nitrogens is 2. The molecule has 0 aliphatic rings. The van der Waals surface area contributed by atoms with Crippen LogP contribution in [0.25, 0.3) is 16.6 Å². The van der Waals surface area contributed by atoms with Gasteiger partial charge in [0.2, 0.25) is 5.91 Å². The Labute approximate surface area is 161 Å². The van der Waals surface area contributed by atoms with Crippen molar-refractivity contribution in [3.63, 3.8) is 0 Å². The zero-order chi connectivity index (χ0) is 19.6. The molecule has 140 valence electrons. The molecule has 1 aromatic heterocycles. The third-order valence-electron chi connectivity index (χ3n) is 4.14. The van der Waals surface area contributed by atoms with E-state index in [1.54, 1.807) is 52.4 Å². The lowest BCUT2D eigenvalue weighted by atomic mass is 10.2. The van der Waals surface area contributed by atoms with Gasteiger partial charge in [-0.1, -0.05) is 36.0 Å². The highest BCUT2D eigenvalue weighted by molar-refractivity contribution is 8.00. The molecule has 0 fully saturated rings. The highest BCUT2D eigenvalue weighted by atomic mass is 32.2. The molecule has 1 amide bonds. The maximum Gasteiger partial charge on any atom is 0.266 e. The summed E-state index contributed by atoms with van der Waals surface area (Å²) in [4.78, 5) is 31.8. The van der Waals surface area contributed by atoms with Crippen molar-refractivity contribution in [2.75, 3.05) is 21.2 Å². The molecular formula is C20H21N3O3S. The highest BCUT2D eigenvalue weighted by Crippen LogP contribution is 2.29. The van der Waals surface area contributed by atoms with Crippen LogP contribution in [0, 0.1) is 0 Å². The number of hydrogen-bond donors (Lipinski definition) is 0. The quantitative estimate of drug-likeness (QED) is 0.501. The molecule has 6 nitrogen and oxygen atoms in total. The predicted molar refractivity (Wildman–Crippen MR) is 108 cm³/mol. The monoisotopic (exact) mass is 383 g/mol. The van der Waals surface area contributed by atoms with Gasteiger partial charge in [-0.3, -0.25) is 14.2 Å². The first-order valence-corrected chi connectivity index (χ1v) is 9.35. The molecule has 1 atom stereocenters. The average Bonchev–Trinajstić information content (AvgIpc) is 2.67. The van der Waals surface area contributed by atoms with Crippen LogP contribution in [0.15, 0.2) is 58.5 Å². The van der Waals surface area contributed by atoms with Gasteiger partial charge in [0.15, 0.2) is 5.16 Å². The molecule has 1 heterocycles. The second kappa shape index (κ2) is 7.84. The Balaban J connectivity index is 2.25. The van der Waals surface area contributed by atoms with E-state index in [-0.39, 0.29) is 11.5 Å². The first kappa shape index (κ1) is 19.0. The normalized spacial score (nSPS) is 12.0. The van der Waals surface area contributed by atoms with Crippen LogP contribution in [-0.4, -0.2) is 46.8 Å². The van der Waals surface area contributed by atoms with E-state index in [9.17, 15) is 9.59 Å². The van der Waals surface area contributed by atoms with E-state index >= 15 is 0 Å². The van der Waals surface area contributed by atoms with Crippen LogP contribution < -0.4 is 10.3 Å². The fourth-order valence-corrected chi connectivity index (χ4v) is 3.86. The molecule has 0 radical (unpaired) electrons. The molecule has 0 saturated carbocycles. The molecule has 0 N–H and O–H groups in total. The van der Waals surface area contributed by atoms with Gasteiger partial charge in [0.1, 0.15) is 5.75 Å². The largest absolute Gasteiger partial charge is 0.495 e. The Morgan fingerprint density at radius 2 is 1.81 bits per heavy atom. The van der Waals surface area contributed by atoms with Gasteiger partial charge in [-0.05, 0) is 31.2 Å². The number of carbonyl (C=O) groups is 1. The summed E-state index contributed by atoms with van der Waals surface area (Å²) in [5.74, 6) is 0.513. The van der Waals surface area contributed by atoms with Crippen molar-refractivity contribution in [2.24, 2.45) is 0 Å². The molecule has 7 heteroatoms. The maximum atomic E-state index is 13.3. The zero-order valence-electron chi connectivity index (χ0n) is 15.7. The fourth-order valence-electron chi connectivity index (χ4n) is 2.79. The van der Waals surface area contributed by atoms with Gasteiger partial charge < -0.3 is 9.64 Å². The smallest absolute Gasteiger partial charge is 0.266 e. The van der Waals surface area contributed by atoms with Gasteiger partial charge in [-0.2, -0.15) is 0 Å². The van der Waals surface area contributed by atoms with E-state index in [0.29, 0.717) is 27.5 Å². The molecular weight excluding hydrogens is 362 g/mol. The average molecular weight is 383 g/mol. The lowest BCUT2D eigenvalue weighted by molar-refractivity contribution is -0.127. The van der Waals surface area contributed by atoms with Crippen molar-refractivity contribution in [1.29, 1.82) is 0 Å². The number of thioether (sulfide) groups is 1. The van der Waals surface area contributed by atoms with E-state index < -0.39 is 5.25 Å². The number of para-hydroxylation sites is 3. The molecule has 0 bridgehead atoms. The van der Waals surface area contributed by atoms with Crippen LogP contribution in [0.1, 0.15) is 6.92 Å². The summed E-state index contributed by atoms with van der Waals surface area (Å²) in [5.41, 5.74) is 0.994. The minimum Gasteiger partial charge on any atom is -0.495 e. The first-order valence-electron chi connectivity index (χ1n) is 8.47. The minimum atomic E-state index is -0.394. The van der Waals surface area contributed by atoms with Gasteiger partial charge in [0.25, 0.3) is 5.56 Å². The molecule has 0 spiro atoms. The van der Waals surface area contributed by atoms with Crippen molar-refractivity contribution in [3.8, 4) is 11.4 Å². The predicted octanol–water partition coefficient (Wildman–Crippen LogP) is 2.96. The van der Waals surface area contributed by atoms with Crippen molar-refractivity contribution in [3.05, 3.63) is 58.9 Å². The number of methoxy groups -OCH3 is 1. The van der Waals surface area contributed by atoms with Crippen LogP contribution >= 0.6 is 11.8 Å². The number of ether oxygens (including phenoxy) is 1. The summed E-state index contributed by atoms with van der Waals surface area (Å²) >= 11 is 1.25. The third kappa shape index (κ3) is 3.68. The van der Waals surface area contributed by atoms with Crippen LogP contribution in [0.2, 0.25) is 0 Å². The standard InChI is InChI=1S/C20H21N3O3S/c1-13(18(24)22(2)3)27-20-21-15-10-6-5-9-14(15)19(25)23(20)16-11-7-8-12-17(16)26-4/h5-13H,1-4H3/t13-/m1/s1. The van der Waals surface area contributed by atoms with Crippen molar-refractivity contribution < 1.29 is 9.53 Å². The topological polar surface area (TPSA) is 64.4 Å². The number of carbonyl (C=O) groups excluding carboxylic acids is 1. The van der Waals surface area contributed by atoms with Gasteiger partial charge in [-0.25, -0.2) is 4.98 Å². The number of fused-ring (bicyclic) bond motifs is 1. The second-order valence-electron chi connectivity index (χ2n) is 6.22. The van der Waals surface area contributed by atoms with Gasteiger partial charge >= 0.3 is 0 Å². The molecule has 3 aromatic rings. The summed E-state index contributed by atoms with van der Waals surface area (Å²) in [5, 5.41) is 0.569. The van der Waals surface area contributed by atoms with E-state index in [2.05, 4.69) is 4.98 Å². The lowest BCUT2D eigenvalue weighted by Crippen LogP contribution is -2.31. The Hall–Kier alpha value is -2.80.